The number of nitrogens with zero attached hydrogens (tertiary/aromatic N) is 2. The normalized spacial score (nSPS) is 10.1. The Labute approximate surface area is 144 Å². The number of benzene rings is 1. The number of methoxy groups -OCH3 is 1. The number of primary amides is 1. The molecule has 0 atom stereocenters. The molecule has 3 amide bonds. The fourth-order valence-corrected chi connectivity index (χ4v) is 2.14. The number of nitrogens with one attached hydrogen (secondary N) is 1. The van der Waals surface area contributed by atoms with Crippen molar-refractivity contribution in [3.63, 3.8) is 0 Å². The van der Waals surface area contributed by atoms with E-state index in [9.17, 15) is 9.59 Å². The predicted octanol–water partition coefficient (Wildman–Crippen LogP) is 2.51. The second kappa shape index (κ2) is 7.65. The van der Waals surface area contributed by atoms with E-state index in [4.69, 9.17) is 22.1 Å². The van der Waals surface area contributed by atoms with Gasteiger partial charge < -0.3 is 20.7 Å². The van der Waals surface area contributed by atoms with Gasteiger partial charge in [-0.05, 0) is 23.8 Å². The Bertz CT molecular complexity index is 749. The van der Waals surface area contributed by atoms with Gasteiger partial charge in [-0.2, -0.15) is 0 Å². The van der Waals surface area contributed by atoms with Crippen molar-refractivity contribution in [3.05, 3.63) is 52.7 Å². The van der Waals surface area contributed by atoms with Crippen LogP contribution in [0.3, 0.4) is 0 Å². The van der Waals surface area contributed by atoms with E-state index < -0.39 is 5.91 Å². The van der Waals surface area contributed by atoms with Crippen LogP contribution in [0, 0.1) is 0 Å². The summed E-state index contributed by atoms with van der Waals surface area (Å²) in [4.78, 5) is 29.1. The maximum Gasteiger partial charge on any atom is 0.321 e. The number of hydrogen-bond donors (Lipinski definition) is 2. The molecule has 1 aromatic carbocycles. The number of aromatic nitrogens is 1. The minimum atomic E-state index is -0.690. The first-order valence-electron chi connectivity index (χ1n) is 7.01. The molecule has 24 heavy (non-hydrogen) atoms. The van der Waals surface area contributed by atoms with Crippen molar-refractivity contribution >= 4 is 29.2 Å². The summed E-state index contributed by atoms with van der Waals surface area (Å²) in [5, 5.41) is 3.29. The molecule has 0 saturated carbocycles. The van der Waals surface area contributed by atoms with Crippen LogP contribution in [0.5, 0.6) is 5.88 Å². The topological polar surface area (TPSA) is 97.6 Å². The van der Waals surface area contributed by atoms with Crippen LogP contribution in [0.4, 0.5) is 10.5 Å². The van der Waals surface area contributed by atoms with Gasteiger partial charge in [0.15, 0.2) is 0 Å². The van der Waals surface area contributed by atoms with Crippen molar-refractivity contribution in [2.24, 2.45) is 5.73 Å². The van der Waals surface area contributed by atoms with Crippen molar-refractivity contribution in [2.45, 2.75) is 6.54 Å². The molecule has 3 N–H and O–H groups in total. The van der Waals surface area contributed by atoms with E-state index in [1.54, 1.807) is 19.2 Å². The van der Waals surface area contributed by atoms with Gasteiger partial charge in [0.1, 0.15) is 5.56 Å². The van der Waals surface area contributed by atoms with Crippen LogP contribution in [-0.2, 0) is 6.54 Å². The third kappa shape index (κ3) is 4.36. The fraction of sp³-hybridized carbons (Fsp3) is 0.188. The second-order valence-electron chi connectivity index (χ2n) is 5.06. The average Bonchev–Trinajstić information content (AvgIpc) is 2.56. The number of pyridine rings is 1. The molecule has 0 saturated heterocycles. The first-order valence-corrected chi connectivity index (χ1v) is 7.39. The van der Waals surface area contributed by atoms with Gasteiger partial charge in [0.25, 0.3) is 5.91 Å². The summed E-state index contributed by atoms with van der Waals surface area (Å²) < 4.78 is 4.96. The number of urea groups is 1. The molecule has 1 aromatic heterocycles. The number of carbonyl (C=O) groups is 2. The predicted molar refractivity (Wildman–Crippen MR) is 91.2 cm³/mol. The van der Waals surface area contributed by atoms with Crippen LogP contribution in [0.15, 0.2) is 36.5 Å². The van der Waals surface area contributed by atoms with E-state index in [0.717, 1.165) is 5.56 Å². The molecule has 0 unspecified atom stereocenters. The molecule has 7 nitrogen and oxygen atoms in total. The largest absolute Gasteiger partial charge is 0.480 e. The van der Waals surface area contributed by atoms with E-state index in [1.807, 2.05) is 12.1 Å². The summed E-state index contributed by atoms with van der Waals surface area (Å²) in [5.41, 5.74) is 6.64. The van der Waals surface area contributed by atoms with Crippen LogP contribution >= 0.6 is 11.6 Å². The molecular weight excluding hydrogens is 332 g/mol. The number of ether oxygens (including phenoxy) is 1. The Hall–Kier alpha value is -2.80. The lowest BCUT2D eigenvalue weighted by Gasteiger charge is -2.18. The SMILES string of the molecule is COc1ncc(NC(=O)N(C)Cc2ccc(Cl)cc2)cc1C(N)=O. The molecule has 2 aromatic rings. The van der Waals surface area contributed by atoms with Crippen LogP contribution in [0.25, 0.3) is 0 Å². The highest BCUT2D eigenvalue weighted by Crippen LogP contribution is 2.19. The molecule has 0 radical (unpaired) electrons. The van der Waals surface area contributed by atoms with E-state index in [1.165, 1.54) is 24.3 Å². The lowest BCUT2D eigenvalue weighted by molar-refractivity contribution is 0.0996. The zero-order chi connectivity index (χ0) is 17.7. The highest BCUT2D eigenvalue weighted by molar-refractivity contribution is 6.30. The maximum absolute atomic E-state index is 12.2. The smallest absolute Gasteiger partial charge is 0.321 e. The number of nitrogens with two attached hydrogens (primary N) is 1. The number of halogens is 1. The number of rotatable bonds is 5. The number of amides is 3. The highest BCUT2D eigenvalue weighted by atomic mass is 35.5. The fourth-order valence-electron chi connectivity index (χ4n) is 2.01. The highest BCUT2D eigenvalue weighted by Gasteiger charge is 2.14. The average molecular weight is 349 g/mol. The molecule has 0 aliphatic heterocycles. The van der Waals surface area contributed by atoms with Crippen molar-refractivity contribution < 1.29 is 14.3 Å². The van der Waals surface area contributed by atoms with Crippen molar-refractivity contribution in [2.75, 3.05) is 19.5 Å². The summed E-state index contributed by atoms with van der Waals surface area (Å²) in [6.07, 6.45) is 1.39. The molecule has 0 aliphatic rings. The zero-order valence-corrected chi connectivity index (χ0v) is 14.0. The lowest BCUT2D eigenvalue weighted by atomic mass is 10.2. The van der Waals surface area contributed by atoms with E-state index in [-0.39, 0.29) is 17.5 Å². The van der Waals surface area contributed by atoms with Gasteiger partial charge in [-0.15, -0.1) is 0 Å². The molecular formula is C16H17ClN4O3. The molecule has 0 fully saturated rings. The van der Waals surface area contributed by atoms with Crippen LogP contribution < -0.4 is 15.8 Å². The summed E-state index contributed by atoms with van der Waals surface area (Å²) in [6.45, 7) is 0.398. The van der Waals surface area contributed by atoms with E-state index in [0.29, 0.717) is 17.3 Å². The number of hydrogen-bond acceptors (Lipinski definition) is 4. The number of carbonyl (C=O) groups excluding carboxylic acids is 2. The Balaban J connectivity index is 2.07. The molecule has 0 spiro atoms. The molecule has 8 heteroatoms. The van der Waals surface area contributed by atoms with Gasteiger partial charge in [-0.25, -0.2) is 9.78 Å². The Morgan fingerprint density at radius 1 is 1.33 bits per heavy atom. The van der Waals surface area contributed by atoms with Gasteiger partial charge in [0.05, 0.1) is 19.0 Å². The minimum Gasteiger partial charge on any atom is -0.480 e. The quantitative estimate of drug-likeness (QED) is 0.867. The molecule has 2 rings (SSSR count). The Morgan fingerprint density at radius 2 is 2.00 bits per heavy atom. The van der Waals surface area contributed by atoms with Crippen molar-refractivity contribution in [1.82, 2.24) is 9.88 Å². The van der Waals surface area contributed by atoms with Crippen LogP contribution in [0.2, 0.25) is 5.02 Å². The lowest BCUT2D eigenvalue weighted by Crippen LogP contribution is -2.31. The van der Waals surface area contributed by atoms with Gasteiger partial charge in [-0.1, -0.05) is 23.7 Å². The van der Waals surface area contributed by atoms with Gasteiger partial charge in [-0.3, -0.25) is 4.79 Å². The van der Waals surface area contributed by atoms with Gasteiger partial charge >= 0.3 is 6.03 Å². The first kappa shape index (κ1) is 17.6. The Morgan fingerprint density at radius 3 is 2.58 bits per heavy atom. The minimum absolute atomic E-state index is 0.0932. The summed E-state index contributed by atoms with van der Waals surface area (Å²) in [5.74, 6) is -0.583. The van der Waals surface area contributed by atoms with Crippen LogP contribution in [-0.4, -0.2) is 36.0 Å². The third-order valence-corrected chi connectivity index (χ3v) is 3.49. The van der Waals surface area contributed by atoms with Crippen molar-refractivity contribution in [1.29, 1.82) is 0 Å². The monoisotopic (exact) mass is 348 g/mol. The van der Waals surface area contributed by atoms with E-state index in [2.05, 4.69) is 10.3 Å². The molecule has 0 bridgehead atoms. The molecule has 0 aliphatic carbocycles. The third-order valence-electron chi connectivity index (χ3n) is 3.24. The van der Waals surface area contributed by atoms with Crippen LogP contribution in [0.1, 0.15) is 15.9 Å². The molecule has 1 heterocycles. The summed E-state index contributed by atoms with van der Waals surface area (Å²) >= 11 is 5.84. The Kier molecular flexibility index (Phi) is 5.59. The first-order chi connectivity index (χ1) is 11.4. The second-order valence-corrected chi connectivity index (χ2v) is 5.49. The van der Waals surface area contributed by atoms with Gasteiger partial charge in [0, 0.05) is 18.6 Å². The van der Waals surface area contributed by atoms with Crippen molar-refractivity contribution in [3.8, 4) is 5.88 Å². The molecule has 126 valence electrons. The summed E-state index contributed by atoms with van der Waals surface area (Å²) in [7, 11) is 3.03. The summed E-state index contributed by atoms with van der Waals surface area (Å²) in [6, 6.07) is 8.26. The zero-order valence-electron chi connectivity index (χ0n) is 13.2. The number of anilines is 1. The van der Waals surface area contributed by atoms with E-state index >= 15 is 0 Å². The van der Waals surface area contributed by atoms with Gasteiger partial charge in [0.2, 0.25) is 5.88 Å². The maximum atomic E-state index is 12.2. The standard InChI is InChI=1S/C16H17ClN4O3/c1-21(9-10-3-5-11(17)6-4-10)16(23)20-12-7-13(14(18)22)15(24-2)19-8-12/h3-8H,9H2,1-2H3,(H2,18,22)(H,20,23).